The van der Waals surface area contributed by atoms with E-state index in [-0.39, 0.29) is 29.1 Å². The van der Waals surface area contributed by atoms with Crippen molar-refractivity contribution in [1.29, 1.82) is 0 Å². The fraction of sp³-hybridized carbons (Fsp3) is 0.333. The molecule has 0 bridgehead atoms. The van der Waals surface area contributed by atoms with Crippen LogP contribution in [0, 0.1) is 6.92 Å². The number of nitrogens with one attached hydrogen (secondary N) is 1. The van der Waals surface area contributed by atoms with Gasteiger partial charge in [0.2, 0.25) is 11.8 Å². The van der Waals surface area contributed by atoms with Gasteiger partial charge in [0.15, 0.2) is 0 Å². The molecule has 9 heteroatoms. The van der Waals surface area contributed by atoms with Gasteiger partial charge in [-0.1, -0.05) is 61.5 Å². The summed E-state index contributed by atoms with van der Waals surface area (Å²) < 4.78 is 34.4. The average Bonchev–Trinajstić information content (AvgIpc) is 2.94. The Morgan fingerprint density at radius 2 is 1.56 bits per heavy atom. The lowest BCUT2D eigenvalue weighted by Crippen LogP contribution is -2.52. The Morgan fingerprint density at radius 3 is 2.15 bits per heavy atom. The molecule has 0 heterocycles. The summed E-state index contributed by atoms with van der Waals surface area (Å²) in [5.41, 5.74) is 1.86. The highest BCUT2D eigenvalue weighted by Crippen LogP contribution is 2.33. The topological polar surface area (TPSA) is 96.0 Å². The van der Waals surface area contributed by atoms with Crippen LogP contribution >= 0.6 is 0 Å². The van der Waals surface area contributed by atoms with Crippen molar-refractivity contribution in [2.24, 2.45) is 0 Å². The number of hydrogen-bond donors (Lipinski definition) is 1. The fourth-order valence-corrected chi connectivity index (χ4v) is 5.49. The Balaban J connectivity index is 2.07. The van der Waals surface area contributed by atoms with Crippen LogP contribution in [-0.2, 0) is 26.2 Å². The number of nitrogens with zero attached hydrogens (tertiary/aromatic N) is 2. The Bertz CT molecular complexity index is 1360. The molecule has 8 nitrogen and oxygen atoms in total. The number of rotatable bonds is 12. The molecule has 2 atom stereocenters. The van der Waals surface area contributed by atoms with Gasteiger partial charge < -0.3 is 15.0 Å². The summed E-state index contributed by atoms with van der Waals surface area (Å²) in [4.78, 5) is 28.6. The standard InChI is InChI=1S/C30H37N3O5S/c1-6-23(3)31-30(35)24(4)32(20-25-13-9-7-10-14-25)29(34)21-33(27-19-22(2)17-18-28(27)38-5)39(36,37)26-15-11-8-12-16-26/h7-19,23-24H,6,20-21H2,1-5H3,(H,31,35)/t23-,24+/m1/s1. The molecule has 1 N–H and O–H groups in total. The van der Waals surface area contributed by atoms with Crippen LogP contribution in [0.25, 0.3) is 0 Å². The lowest BCUT2D eigenvalue weighted by Gasteiger charge is -2.33. The highest BCUT2D eigenvalue weighted by atomic mass is 32.2. The Hall–Kier alpha value is -3.85. The van der Waals surface area contributed by atoms with Crippen molar-refractivity contribution in [3.63, 3.8) is 0 Å². The van der Waals surface area contributed by atoms with E-state index >= 15 is 0 Å². The van der Waals surface area contributed by atoms with Gasteiger partial charge in [-0.05, 0) is 62.6 Å². The van der Waals surface area contributed by atoms with E-state index in [4.69, 9.17) is 4.74 Å². The van der Waals surface area contributed by atoms with E-state index in [1.165, 1.54) is 24.1 Å². The molecule has 3 aromatic carbocycles. The number of amides is 2. The lowest BCUT2D eigenvalue weighted by molar-refractivity contribution is -0.139. The molecule has 0 aromatic heterocycles. The zero-order valence-electron chi connectivity index (χ0n) is 23.1. The van der Waals surface area contributed by atoms with E-state index in [2.05, 4.69) is 5.32 Å². The predicted octanol–water partition coefficient (Wildman–Crippen LogP) is 4.53. The SMILES string of the molecule is CC[C@@H](C)NC(=O)[C@H](C)N(Cc1ccccc1)C(=O)CN(c1cc(C)ccc1OC)S(=O)(=O)c1ccccc1. The van der Waals surface area contributed by atoms with Gasteiger partial charge in [0, 0.05) is 12.6 Å². The van der Waals surface area contributed by atoms with Crippen LogP contribution in [-0.4, -0.2) is 50.9 Å². The molecule has 0 saturated heterocycles. The fourth-order valence-electron chi connectivity index (χ4n) is 4.06. The minimum atomic E-state index is -4.17. The predicted molar refractivity (Wildman–Crippen MR) is 153 cm³/mol. The van der Waals surface area contributed by atoms with E-state index < -0.39 is 28.5 Å². The summed E-state index contributed by atoms with van der Waals surface area (Å²) >= 11 is 0. The summed E-state index contributed by atoms with van der Waals surface area (Å²) in [5, 5.41) is 2.93. The third-order valence-corrected chi connectivity index (χ3v) is 8.35. The summed E-state index contributed by atoms with van der Waals surface area (Å²) in [6.07, 6.45) is 0.737. The van der Waals surface area contributed by atoms with Crippen molar-refractivity contribution in [3.8, 4) is 5.75 Å². The number of aryl methyl sites for hydroxylation is 1. The third kappa shape index (κ3) is 7.38. The number of carbonyl (C=O) groups is 2. The van der Waals surface area contributed by atoms with Gasteiger partial charge in [0.05, 0.1) is 17.7 Å². The second kappa shape index (κ2) is 13.3. The van der Waals surface area contributed by atoms with Gasteiger partial charge in [-0.2, -0.15) is 0 Å². The molecule has 3 rings (SSSR count). The highest BCUT2D eigenvalue weighted by molar-refractivity contribution is 7.92. The van der Waals surface area contributed by atoms with Crippen LogP contribution in [0.2, 0.25) is 0 Å². The van der Waals surface area contributed by atoms with Crippen LogP contribution in [0.5, 0.6) is 5.75 Å². The Morgan fingerprint density at radius 1 is 0.949 bits per heavy atom. The van der Waals surface area contributed by atoms with Crippen molar-refractivity contribution in [3.05, 3.63) is 90.0 Å². The maximum Gasteiger partial charge on any atom is 0.264 e. The van der Waals surface area contributed by atoms with Crippen LogP contribution in [0.15, 0.2) is 83.8 Å². The lowest BCUT2D eigenvalue weighted by atomic mass is 10.1. The van der Waals surface area contributed by atoms with Gasteiger partial charge >= 0.3 is 0 Å². The first-order chi connectivity index (χ1) is 18.6. The number of ether oxygens (including phenoxy) is 1. The van der Waals surface area contributed by atoms with Crippen LogP contribution in [0.3, 0.4) is 0 Å². The molecule has 39 heavy (non-hydrogen) atoms. The van der Waals surface area contributed by atoms with Gasteiger partial charge in [0.1, 0.15) is 18.3 Å². The molecule has 2 amide bonds. The molecule has 0 saturated carbocycles. The molecule has 0 aliphatic heterocycles. The zero-order valence-corrected chi connectivity index (χ0v) is 23.9. The number of hydrogen-bond acceptors (Lipinski definition) is 5. The first-order valence-corrected chi connectivity index (χ1v) is 14.4. The maximum atomic E-state index is 14.0. The summed E-state index contributed by atoms with van der Waals surface area (Å²) in [7, 11) is -2.72. The number of sulfonamides is 1. The molecule has 0 spiro atoms. The second-order valence-corrected chi connectivity index (χ2v) is 11.4. The molecule has 208 valence electrons. The summed E-state index contributed by atoms with van der Waals surface area (Å²) in [6, 6.07) is 21.5. The van der Waals surface area contributed by atoms with Gasteiger partial charge in [0.25, 0.3) is 10.0 Å². The van der Waals surface area contributed by atoms with Crippen LogP contribution in [0.4, 0.5) is 5.69 Å². The minimum Gasteiger partial charge on any atom is -0.495 e. The van der Waals surface area contributed by atoms with Crippen molar-refractivity contribution < 1.29 is 22.7 Å². The largest absolute Gasteiger partial charge is 0.495 e. The average molecular weight is 552 g/mol. The van der Waals surface area contributed by atoms with Crippen molar-refractivity contribution in [1.82, 2.24) is 10.2 Å². The molecule has 0 unspecified atom stereocenters. The first kappa shape index (κ1) is 29.7. The van der Waals surface area contributed by atoms with Gasteiger partial charge in [-0.15, -0.1) is 0 Å². The van der Waals surface area contributed by atoms with Crippen LogP contribution in [0.1, 0.15) is 38.3 Å². The molecule has 0 fully saturated rings. The first-order valence-electron chi connectivity index (χ1n) is 12.9. The normalized spacial score (nSPS) is 12.7. The number of anilines is 1. The molecule has 3 aromatic rings. The summed E-state index contributed by atoms with van der Waals surface area (Å²) in [5.74, 6) is -0.516. The molecular weight excluding hydrogens is 514 g/mol. The van der Waals surface area contributed by atoms with E-state index in [1.54, 1.807) is 43.3 Å². The second-order valence-electron chi connectivity index (χ2n) is 9.50. The molecular formula is C30H37N3O5S. The van der Waals surface area contributed by atoms with Gasteiger partial charge in [-0.3, -0.25) is 13.9 Å². The Kier molecular flexibility index (Phi) is 10.1. The quantitative estimate of drug-likeness (QED) is 0.357. The van der Waals surface area contributed by atoms with E-state index in [1.807, 2.05) is 51.1 Å². The monoisotopic (exact) mass is 551 g/mol. The Labute approximate surface area is 231 Å². The van der Waals surface area contributed by atoms with Crippen molar-refractivity contribution >= 4 is 27.5 Å². The smallest absolute Gasteiger partial charge is 0.264 e. The van der Waals surface area contributed by atoms with E-state index in [0.29, 0.717) is 5.75 Å². The number of carbonyl (C=O) groups excluding carboxylic acids is 2. The van der Waals surface area contributed by atoms with E-state index in [0.717, 1.165) is 21.9 Å². The third-order valence-electron chi connectivity index (χ3n) is 6.58. The molecule has 0 aliphatic rings. The molecule has 0 aliphatic carbocycles. The number of benzene rings is 3. The van der Waals surface area contributed by atoms with Crippen molar-refractivity contribution in [2.45, 2.75) is 57.6 Å². The van der Waals surface area contributed by atoms with Crippen LogP contribution < -0.4 is 14.4 Å². The van der Waals surface area contributed by atoms with E-state index in [9.17, 15) is 18.0 Å². The minimum absolute atomic E-state index is 0.0403. The zero-order chi connectivity index (χ0) is 28.6. The van der Waals surface area contributed by atoms with Gasteiger partial charge in [-0.25, -0.2) is 8.42 Å². The van der Waals surface area contributed by atoms with Crippen molar-refractivity contribution in [2.75, 3.05) is 18.0 Å². The maximum absolute atomic E-state index is 14.0. The highest BCUT2D eigenvalue weighted by Gasteiger charge is 2.34. The summed E-state index contributed by atoms with van der Waals surface area (Å²) in [6.45, 7) is 6.96. The number of methoxy groups -OCH3 is 1. The molecule has 0 radical (unpaired) electrons.